The zero-order valence-electron chi connectivity index (χ0n) is 17.3. The van der Waals surface area contributed by atoms with Crippen LogP contribution in [-0.2, 0) is 14.3 Å². The Bertz CT molecular complexity index is 1090. The fourth-order valence-corrected chi connectivity index (χ4v) is 3.66. The average Bonchev–Trinajstić information content (AvgIpc) is 3.20. The van der Waals surface area contributed by atoms with Gasteiger partial charge in [0.2, 0.25) is 5.91 Å². The fourth-order valence-electron chi connectivity index (χ4n) is 3.66. The molecule has 1 fully saturated rings. The molecule has 0 radical (unpaired) electrons. The van der Waals surface area contributed by atoms with Gasteiger partial charge in [-0.1, -0.05) is 72.3 Å². The summed E-state index contributed by atoms with van der Waals surface area (Å²) in [6, 6.07) is 24.7. The summed E-state index contributed by atoms with van der Waals surface area (Å²) in [5, 5.41) is 0. The summed E-state index contributed by atoms with van der Waals surface area (Å²) in [6.07, 6.45) is 0.0900. The van der Waals surface area contributed by atoms with Crippen LogP contribution in [0.3, 0.4) is 0 Å². The molecule has 1 atom stereocenters. The van der Waals surface area contributed by atoms with Crippen molar-refractivity contribution in [1.82, 2.24) is 0 Å². The van der Waals surface area contributed by atoms with E-state index in [4.69, 9.17) is 4.74 Å². The number of ether oxygens (including phenoxy) is 1. The number of benzene rings is 3. The number of Topliss-reactive ketones (excluding diaryl/α,β-unsaturated/α-hetero) is 1. The van der Waals surface area contributed by atoms with E-state index in [-0.39, 0.29) is 31.3 Å². The summed E-state index contributed by atoms with van der Waals surface area (Å²) < 4.78 is 5.24. The van der Waals surface area contributed by atoms with Crippen LogP contribution in [0.5, 0.6) is 0 Å². The number of nitrogens with zero attached hydrogens (tertiary/aromatic N) is 1. The van der Waals surface area contributed by atoms with Gasteiger partial charge in [-0.15, -0.1) is 0 Å². The molecule has 0 aromatic heterocycles. The zero-order chi connectivity index (χ0) is 21.8. The largest absolute Gasteiger partial charge is 0.457 e. The maximum Gasteiger partial charge on any atom is 0.311 e. The first-order valence-electron chi connectivity index (χ1n) is 10.2. The number of esters is 1. The first-order chi connectivity index (χ1) is 15.0. The Morgan fingerprint density at radius 3 is 2.23 bits per heavy atom. The molecule has 0 unspecified atom stereocenters. The molecule has 156 valence electrons. The predicted octanol–water partition coefficient (Wildman–Crippen LogP) is 4.44. The van der Waals surface area contributed by atoms with E-state index in [1.165, 1.54) is 0 Å². The summed E-state index contributed by atoms with van der Waals surface area (Å²) in [7, 11) is 0. The Morgan fingerprint density at radius 1 is 0.903 bits per heavy atom. The van der Waals surface area contributed by atoms with Gasteiger partial charge in [0, 0.05) is 24.2 Å². The summed E-state index contributed by atoms with van der Waals surface area (Å²) in [6.45, 7) is 1.90. The van der Waals surface area contributed by atoms with Gasteiger partial charge in [-0.3, -0.25) is 14.4 Å². The first-order valence-corrected chi connectivity index (χ1v) is 10.2. The fraction of sp³-hybridized carbons (Fsp3) is 0.192. The second-order valence-electron chi connectivity index (χ2n) is 7.72. The van der Waals surface area contributed by atoms with Crippen molar-refractivity contribution >= 4 is 23.3 Å². The van der Waals surface area contributed by atoms with Crippen LogP contribution in [0.15, 0.2) is 78.9 Å². The number of aryl methyl sites for hydroxylation is 1. The van der Waals surface area contributed by atoms with E-state index in [0.29, 0.717) is 5.56 Å². The first kappa shape index (κ1) is 20.5. The molecule has 3 aromatic rings. The highest BCUT2D eigenvalue weighted by Gasteiger charge is 2.36. The lowest BCUT2D eigenvalue weighted by atomic mass is 10.0. The van der Waals surface area contributed by atoms with Crippen molar-refractivity contribution in [2.24, 2.45) is 5.92 Å². The van der Waals surface area contributed by atoms with Crippen LogP contribution in [0.25, 0.3) is 11.1 Å². The lowest BCUT2D eigenvalue weighted by Gasteiger charge is -2.16. The van der Waals surface area contributed by atoms with Crippen LogP contribution in [0.4, 0.5) is 5.69 Å². The van der Waals surface area contributed by atoms with Crippen molar-refractivity contribution in [1.29, 1.82) is 0 Å². The topological polar surface area (TPSA) is 63.7 Å². The number of ketones is 1. The normalized spacial score (nSPS) is 15.7. The molecule has 1 aliphatic rings. The van der Waals surface area contributed by atoms with Crippen molar-refractivity contribution < 1.29 is 19.1 Å². The Balaban J connectivity index is 1.33. The van der Waals surface area contributed by atoms with Gasteiger partial charge in [-0.25, -0.2) is 0 Å². The number of carbonyl (C=O) groups excluding carboxylic acids is 3. The number of hydrogen-bond donors (Lipinski definition) is 0. The van der Waals surface area contributed by atoms with E-state index in [1.807, 2.05) is 73.7 Å². The third-order valence-corrected chi connectivity index (χ3v) is 5.46. The van der Waals surface area contributed by atoms with E-state index in [0.717, 1.165) is 22.4 Å². The van der Waals surface area contributed by atoms with Gasteiger partial charge in [-0.2, -0.15) is 0 Å². The van der Waals surface area contributed by atoms with Crippen molar-refractivity contribution in [3.63, 3.8) is 0 Å². The third kappa shape index (κ3) is 4.72. The molecule has 1 amide bonds. The van der Waals surface area contributed by atoms with Crippen molar-refractivity contribution in [2.45, 2.75) is 13.3 Å². The highest BCUT2D eigenvalue weighted by molar-refractivity contribution is 6.01. The lowest BCUT2D eigenvalue weighted by Crippen LogP contribution is -2.27. The SMILES string of the molecule is Cc1ccc(N2C[C@H](C(=O)OCC(=O)c3ccc(-c4ccccc4)cc3)CC2=O)cc1. The van der Waals surface area contributed by atoms with Crippen LogP contribution < -0.4 is 4.90 Å². The Labute approximate surface area is 181 Å². The van der Waals surface area contributed by atoms with Gasteiger partial charge in [0.1, 0.15) is 0 Å². The minimum Gasteiger partial charge on any atom is -0.457 e. The molecular formula is C26H23NO4. The smallest absolute Gasteiger partial charge is 0.311 e. The Hall–Kier alpha value is -3.73. The quantitative estimate of drug-likeness (QED) is 0.443. The molecule has 0 N–H and O–H groups in total. The van der Waals surface area contributed by atoms with Gasteiger partial charge < -0.3 is 9.64 Å². The van der Waals surface area contributed by atoms with Crippen molar-refractivity contribution in [3.05, 3.63) is 90.0 Å². The zero-order valence-corrected chi connectivity index (χ0v) is 17.3. The van der Waals surface area contributed by atoms with Gasteiger partial charge in [0.15, 0.2) is 12.4 Å². The van der Waals surface area contributed by atoms with Gasteiger partial charge in [-0.05, 0) is 30.2 Å². The molecule has 0 saturated carbocycles. The van der Waals surface area contributed by atoms with E-state index in [9.17, 15) is 14.4 Å². The maximum absolute atomic E-state index is 12.4. The number of hydrogen-bond acceptors (Lipinski definition) is 4. The molecule has 31 heavy (non-hydrogen) atoms. The molecule has 0 bridgehead atoms. The highest BCUT2D eigenvalue weighted by Crippen LogP contribution is 2.26. The molecule has 0 aliphatic carbocycles. The lowest BCUT2D eigenvalue weighted by molar-refractivity contribution is -0.147. The Kier molecular flexibility index (Phi) is 5.94. The minimum absolute atomic E-state index is 0.0900. The standard InChI is InChI=1S/C26H23NO4/c1-18-7-13-23(14-8-18)27-16-22(15-25(27)29)26(30)31-17-24(28)21-11-9-20(10-12-21)19-5-3-2-4-6-19/h2-14,22H,15-17H2,1H3/t22-/m1/s1. The van der Waals surface area contributed by atoms with E-state index < -0.39 is 11.9 Å². The van der Waals surface area contributed by atoms with Crippen LogP contribution >= 0.6 is 0 Å². The number of carbonyl (C=O) groups is 3. The van der Waals surface area contributed by atoms with E-state index in [1.54, 1.807) is 17.0 Å². The summed E-state index contributed by atoms with van der Waals surface area (Å²) >= 11 is 0. The molecule has 1 saturated heterocycles. The van der Waals surface area contributed by atoms with Crippen LogP contribution in [0.2, 0.25) is 0 Å². The third-order valence-electron chi connectivity index (χ3n) is 5.46. The van der Waals surface area contributed by atoms with Crippen molar-refractivity contribution in [3.8, 4) is 11.1 Å². The van der Waals surface area contributed by atoms with Crippen molar-refractivity contribution in [2.75, 3.05) is 18.1 Å². The monoisotopic (exact) mass is 413 g/mol. The van der Waals surface area contributed by atoms with Crippen LogP contribution in [-0.4, -0.2) is 30.8 Å². The van der Waals surface area contributed by atoms with Gasteiger partial charge in [0.05, 0.1) is 5.92 Å². The second kappa shape index (κ2) is 8.96. The van der Waals surface area contributed by atoms with E-state index in [2.05, 4.69) is 0 Å². The minimum atomic E-state index is -0.568. The van der Waals surface area contributed by atoms with Crippen LogP contribution in [0.1, 0.15) is 22.3 Å². The Morgan fingerprint density at radius 2 is 1.55 bits per heavy atom. The summed E-state index contributed by atoms with van der Waals surface area (Å²) in [4.78, 5) is 38.8. The van der Waals surface area contributed by atoms with E-state index >= 15 is 0 Å². The molecule has 1 heterocycles. The number of anilines is 1. The molecule has 5 nitrogen and oxygen atoms in total. The van der Waals surface area contributed by atoms with Crippen LogP contribution in [0, 0.1) is 12.8 Å². The van der Waals surface area contributed by atoms with Gasteiger partial charge in [0.25, 0.3) is 0 Å². The molecule has 4 rings (SSSR count). The molecule has 1 aliphatic heterocycles. The van der Waals surface area contributed by atoms with Gasteiger partial charge >= 0.3 is 5.97 Å². The molecule has 3 aromatic carbocycles. The highest BCUT2D eigenvalue weighted by atomic mass is 16.5. The molecule has 5 heteroatoms. The second-order valence-corrected chi connectivity index (χ2v) is 7.72. The summed E-state index contributed by atoms with van der Waals surface area (Å²) in [5.74, 6) is -1.47. The predicted molar refractivity (Wildman–Crippen MR) is 119 cm³/mol. The number of rotatable bonds is 6. The molecular weight excluding hydrogens is 390 g/mol. The average molecular weight is 413 g/mol. The molecule has 0 spiro atoms. The summed E-state index contributed by atoms with van der Waals surface area (Å²) in [5.41, 5.74) is 4.42. The maximum atomic E-state index is 12.4. The number of amides is 1.